The summed E-state index contributed by atoms with van der Waals surface area (Å²) in [5.41, 5.74) is 5.36. The maximum absolute atomic E-state index is 15.8. The van der Waals surface area contributed by atoms with Gasteiger partial charge in [-0.3, -0.25) is 23.2 Å². The number of fused-ring (bicyclic) bond motifs is 1. The molecule has 4 N–H and O–H groups in total. The van der Waals surface area contributed by atoms with E-state index in [2.05, 4.69) is 20.0 Å². The summed E-state index contributed by atoms with van der Waals surface area (Å²) in [6.07, 6.45) is -4.42. The van der Waals surface area contributed by atoms with Crippen molar-refractivity contribution in [2.24, 2.45) is 5.41 Å². The summed E-state index contributed by atoms with van der Waals surface area (Å²) in [6.45, 7) is 11.0. The highest BCUT2D eigenvalue weighted by Gasteiger charge is 2.58. The van der Waals surface area contributed by atoms with Crippen LogP contribution in [0.15, 0.2) is 6.33 Å². The number of carbonyl (C=O) groups excluding carboxylic acids is 2. The number of nitrogen functional groups attached to an aromatic ring is 1. The van der Waals surface area contributed by atoms with Crippen molar-refractivity contribution in [3.05, 3.63) is 6.33 Å². The molecule has 0 spiro atoms. The molecule has 3 heterocycles. The number of aromatic nitrogens is 4. The van der Waals surface area contributed by atoms with Crippen LogP contribution in [0.25, 0.3) is 11.2 Å². The highest BCUT2D eigenvalue weighted by molar-refractivity contribution is 8.13. The minimum atomic E-state index is -4.34. The van der Waals surface area contributed by atoms with E-state index in [9.17, 15) is 19.3 Å². The van der Waals surface area contributed by atoms with Gasteiger partial charge in [0.25, 0.3) is 5.13 Å². The van der Waals surface area contributed by atoms with Crippen LogP contribution in [0.5, 0.6) is 5.88 Å². The third-order valence-electron chi connectivity index (χ3n) is 5.98. The first-order valence-electron chi connectivity index (χ1n) is 13.8. The topological polar surface area (TPSA) is 199 Å². The lowest BCUT2D eigenvalue weighted by molar-refractivity contribution is -0.149. The Labute approximate surface area is 263 Å². The largest absolute Gasteiger partial charge is 0.476 e. The maximum Gasteiger partial charge on any atom is 0.406 e. The number of halogens is 2. The van der Waals surface area contributed by atoms with E-state index in [0.717, 1.165) is 16.3 Å². The van der Waals surface area contributed by atoms with Crippen molar-refractivity contribution in [3.8, 4) is 5.88 Å². The van der Waals surface area contributed by atoms with Crippen molar-refractivity contribution in [2.45, 2.75) is 84.2 Å². The zero-order chi connectivity index (χ0) is 33.0. The van der Waals surface area contributed by atoms with Crippen molar-refractivity contribution in [3.63, 3.8) is 0 Å². The Hall–Kier alpha value is -2.11. The minimum Gasteiger partial charge on any atom is -0.476 e. The summed E-state index contributed by atoms with van der Waals surface area (Å²) in [4.78, 5) is 36.9. The van der Waals surface area contributed by atoms with Crippen LogP contribution < -0.4 is 15.6 Å². The fourth-order valence-electron chi connectivity index (χ4n) is 3.84. The van der Waals surface area contributed by atoms with Gasteiger partial charge in [-0.25, -0.2) is 19.0 Å². The number of hydrogen-bond donors (Lipinski definition) is 3. The molecule has 6 atom stereocenters. The van der Waals surface area contributed by atoms with E-state index >= 15 is 4.39 Å². The Bertz CT molecular complexity index is 1380. The van der Waals surface area contributed by atoms with Crippen molar-refractivity contribution < 1.29 is 46.9 Å². The normalized spacial score (nSPS) is 24.4. The second-order valence-electron chi connectivity index (χ2n) is 11.1. The molecule has 1 unspecified atom stereocenters. The number of aliphatic hydroxyl groups is 1. The fraction of sp³-hybridized carbons (Fsp3) is 0.720. The van der Waals surface area contributed by atoms with E-state index in [1.165, 1.54) is 13.3 Å². The average molecular weight is 685 g/mol. The number of ether oxygens (including phenoxy) is 3. The van der Waals surface area contributed by atoms with Crippen LogP contribution in [0.1, 0.15) is 54.7 Å². The van der Waals surface area contributed by atoms with Crippen LogP contribution in [0.4, 0.5) is 10.3 Å². The van der Waals surface area contributed by atoms with Crippen LogP contribution in [-0.2, 0) is 32.7 Å². The standard InChI is InChI=1S/C25H39ClFN6O9PS/c1-8-38-19-16-18(30-23(28)31-19)33(12-29-16)21-25(26,27)17(34)15(42-21)11-40-43(37,32-14(4)20(35)41-13(2)3)39-9-10-44-22(36)24(5,6)7/h12-15,17,21,34H,8-11H2,1-7H3,(H,32,37)(H2,28,30,31)/t14-,15+,17+,21+,25+,43?/m0/s1. The first kappa shape index (κ1) is 36.4. The molecule has 1 saturated heterocycles. The third-order valence-corrected chi connectivity index (χ3v) is 9.35. The van der Waals surface area contributed by atoms with E-state index in [4.69, 9.17) is 40.6 Å². The quantitative estimate of drug-likeness (QED) is 0.113. The van der Waals surface area contributed by atoms with E-state index in [1.807, 2.05) is 0 Å². The molecule has 44 heavy (non-hydrogen) atoms. The van der Waals surface area contributed by atoms with Crippen molar-refractivity contribution in [1.82, 2.24) is 24.6 Å². The minimum absolute atomic E-state index is 0.0258. The third kappa shape index (κ3) is 8.78. The summed E-state index contributed by atoms with van der Waals surface area (Å²) in [6, 6.07) is -1.15. The lowest BCUT2D eigenvalue weighted by atomic mass is 10.00. The van der Waals surface area contributed by atoms with Crippen LogP contribution >= 0.6 is 31.1 Å². The van der Waals surface area contributed by atoms with E-state index in [-0.39, 0.29) is 47.1 Å². The Morgan fingerprint density at radius 2 is 2.00 bits per heavy atom. The number of hydrogen-bond acceptors (Lipinski definition) is 14. The van der Waals surface area contributed by atoms with Crippen LogP contribution in [0.2, 0.25) is 0 Å². The van der Waals surface area contributed by atoms with Crippen molar-refractivity contribution >= 4 is 59.3 Å². The summed E-state index contributed by atoms with van der Waals surface area (Å²) >= 11 is 7.12. The molecule has 0 aliphatic carbocycles. The first-order valence-corrected chi connectivity index (χ1v) is 16.7. The average Bonchev–Trinajstić information content (AvgIpc) is 3.42. The number of rotatable bonds is 14. The number of nitrogens with zero attached hydrogens (tertiary/aromatic N) is 4. The predicted octanol–water partition coefficient (Wildman–Crippen LogP) is 3.35. The summed E-state index contributed by atoms with van der Waals surface area (Å²) < 4.78 is 58.0. The number of thioether (sulfide) groups is 1. The van der Waals surface area contributed by atoms with Gasteiger partial charge in [0.1, 0.15) is 18.2 Å². The van der Waals surface area contributed by atoms with Crippen LogP contribution in [-0.4, -0.2) is 90.8 Å². The van der Waals surface area contributed by atoms with Crippen LogP contribution in [0, 0.1) is 5.41 Å². The molecule has 3 rings (SSSR count). The molecule has 0 radical (unpaired) electrons. The summed E-state index contributed by atoms with van der Waals surface area (Å²) in [5.74, 6) is -0.733. The van der Waals surface area contributed by atoms with Gasteiger partial charge in [0.05, 0.1) is 32.3 Å². The van der Waals surface area contributed by atoms with Gasteiger partial charge in [-0.1, -0.05) is 44.1 Å². The lowest BCUT2D eigenvalue weighted by Crippen LogP contribution is -2.39. The molecule has 15 nitrogen and oxygen atoms in total. The maximum atomic E-state index is 15.8. The van der Waals surface area contributed by atoms with Gasteiger partial charge >= 0.3 is 13.7 Å². The van der Waals surface area contributed by atoms with Gasteiger partial charge in [-0.2, -0.15) is 9.97 Å². The molecule has 1 fully saturated rings. The second kappa shape index (κ2) is 14.5. The number of nitrogens with two attached hydrogens (primary N) is 1. The number of carbonyl (C=O) groups is 2. The Kier molecular flexibility index (Phi) is 12.0. The lowest BCUT2D eigenvalue weighted by Gasteiger charge is -2.25. The van der Waals surface area contributed by atoms with E-state index in [0.29, 0.717) is 0 Å². The van der Waals surface area contributed by atoms with E-state index < -0.39 is 61.4 Å². The van der Waals surface area contributed by atoms with Crippen LogP contribution in [0.3, 0.4) is 0 Å². The Morgan fingerprint density at radius 3 is 2.61 bits per heavy atom. The smallest absolute Gasteiger partial charge is 0.406 e. The SMILES string of the molecule is CCOc1nc(N)nc2c1ncn2[C@@H]1O[C@H](COP(=O)(N[C@@H](C)C(=O)OC(C)C)OCCSC(=O)C(C)(C)C)[C@@H](O)[C@]1(F)Cl. The summed E-state index contributed by atoms with van der Waals surface area (Å²) in [7, 11) is -4.34. The van der Waals surface area contributed by atoms with E-state index in [1.54, 1.807) is 41.5 Å². The second-order valence-corrected chi connectivity index (χ2v) is 14.6. The molecule has 1 aliphatic rings. The molecule has 0 amide bonds. The molecular formula is C25H39ClFN6O9PS. The van der Waals surface area contributed by atoms with Gasteiger partial charge in [0.15, 0.2) is 22.5 Å². The van der Waals surface area contributed by atoms with Gasteiger partial charge < -0.3 is 25.1 Å². The Morgan fingerprint density at radius 1 is 1.32 bits per heavy atom. The molecule has 0 saturated carbocycles. The first-order chi connectivity index (χ1) is 20.4. The predicted molar refractivity (Wildman–Crippen MR) is 161 cm³/mol. The van der Waals surface area contributed by atoms with Gasteiger partial charge in [-0.05, 0) is 27.7 Å². The number of esters is 1. The molecule has 0 aromatic carbocycles. The monoisotopic (exact) mass is 684 g/mol. The zero-order valence-corrected chi connectivity index (χ0v) is 28.0. The van der Waals surface area contributed by atoms with Crippen molar-refractivity contribution in [1.29, 1.82) is 0 Å². The molecule has 248 valence electrons. The number of imidazole rings is 1. The molecule has 19 heteroatoms. The number of anilines is 1. The highest BCUT2D eigenvalue weighted by atomic mass is 35.5. The Balaban J connectivity index is 1.78. The van der Waals surface area contributed by atoms with Gasteiger partial charge in [0.2, 0.25) is 11.8 Å². The van der Waals surface area contributed by atoms with Crippen molar-refractivity contribution in [2.75, 3.05) is 31.3 Å². The molecule has 2 aromatic heterocycles. The fourth-order valence-corrected chi connectivity index (χ4v) is 6.52. The number of aliphatic hydroxyl groups excluding tert-OH is 1. The molecule has 1 aliphatic heterocycles. The molecule has 0 bridgehead atoms. The molecule has 2 aromatic rings. The van der Waals surface area contributed by atoms with Gasteiger partial charge in [0, 0.05) is 11.2 Å². The number of nitrogens with one attached hydrogen (secondary N) is 1. The summed E-state index contributed by atoms with van der Waals surface area (Å²) in [5, 5.41) is 10.2. The zero-order valence-electron chi connectivity index (χ0n) is 25.5. The van der Waals surface area contributed by atoms with Gasteiger partial charge in [-0.15, -0.1) is 0 Å². The molecular weight excluding hydrogens is 646 g/mol. The highest BCUT2D eigenvalue weighted by Crippen LogP contribution is 2.49. The number of alkyl halides is 2.